The zero-order valence-electron chi connectivity index (χ0n) is 12.5. The Morgan fingerprint density at radius 1 is 1.27 bits per heavy atom. The lowest BCUT2D eigenvalue weighted by atomic mass is 9.83. The number of aromatic hydroxyl groups is 1. The largest absolute Gasteiger partial charge is 0.507 e. The molecule has 1 aromatic carbocycles. The second-order valence-corrected chi connectivity index (χ2v) is 5.78. The summed E-state index contributed by atoms with van der Waals surface area (Å²) in [5.41, 5.74) is 1.53. The number of benzene rings is 1. The second kappa shape index (κ2) is 6.60. The van der Waals surface area contributed by atoms with Crippen LogP contribution in [0.15, 0.2) is 36.7 Å². The Kier molecular flexibility index (Phi) is 4.37. The van der Waals surface area contributed by atoms with Crippen LogP contribution in [0.1, 0.15) is 59.8 Å². The van der Waals surface area contributed by atoms with Gasteiger partial charge < -0.3 is 10.1 Å². The molecule has 1 aliphatic carbocycles. The van der Waals surface area contributed by atoms with Crippen molar-refractivity contribution in [2.75, 3.05) is 0 Å². The van der Waals surface area contributed by atoms with Crippen molar-refractivity contribution in [3.05, 3.63) is 53.6 Å². The number of H-pyrrole nitrogens is 1. The number of nitrogens with one attached hydrogen (secondary N) is 1. The smallest absolute Gasteiger partial charge is 0.189 e. The maximum Gasteiger partial charge on any atom is 0.189 e. The fourth-order valence-corrected chi connectivity index (χ4v) is 3.05. The van der Waals surface area contributed by atoms with Gasteiger partial charge in [0.2, 0.25) is 0 Å². The van der Waals surface area contributed by atoms with E-state index in [-0.39, 0.29) is 11.5 Å². The normalized spacial score (nSPS) is 16.2. The standard InChI is InChI=1S/C18H20N2O2/c21-16-7-6-14(13-4-2-1-3-5-13)12-15(16)17(22)8-9-18-19-10-11-20-18/h6-13,21H,1-5H2,(H,19,20)/b9-8+. The van der Waals surface area contributed by atoms with E-state index in [0.29, 0.717) is 17.3 Å². The van der Waals surface area contributed by atoms with E-state index in [0.717, 1.165) is 5.56 Å². The van der Waals surface area contributed by atoms with E-state index in [9.17, 15) is 9.90 Å². The van der Waals surface area contributed by atoms with Crippen LogP contribution >= 0.6 is 0 Å². The van der Waals surface area contributed by atoms with Gasteiger partial charge in [0.05, 0.1) is 5.56 Å². The summed E-state index contributed by atoms with van der Waals surface area (Å²) in [6.45, 7) is 0. The third-order valence-corrected chi connectivity index (χ3v) is 4.27. The maximum atomic E-state index is 12.3. The van der Waals surface area contributed by atoms with Crippen LogP contribution in [-0.2, 0) is 0 Å². The van der Waals surface area contributed by atoms with Crippen LogP contribution in [-0.4, -0.2) is 20.9 Å². The van der Waals surface area contributed by atoms with E-state index in [1.807, 2.05) is 12.1 Å². The predicted octanol–water partition coefficient (Wildman–Crippen LogP) is 4.06. The summed E-state index contributed by atoms with van der Waals surface area (Å²) >= 11 is 0. The van der Waals surface area contributed by atoms with Crippen LogP contribution in [0.4, 0.5) is 0 Å². The summed E-state index contributed by atoms with van der Waals surface area (Å²) in [4.78, 5) is 19.3. The molecule has 1 saturated carbocycles. The topological polar surface area (TPSA) is 66.0 Å². The molecule has 0 aliphatic heterocycles. The van der Waals surface area contributed by atoms with Crippen LogP contribution < -0.4 is 0 Å². The molecule has 2 N–H and O–H groups in total. The maximum absolute atomic E-state index is 12.3. The molecule has 1 heterocycles. The van der Waals surface area contributed by atoms with Crippen molar-refractivity contribution >= 4 is 11.9 Å². The first-order valence-corrected chi connectivity index (χ1v) is 7.79. The van der Waals surface area contributed by atoms with Crippen LogP contribution in [0, 0.1) is 0 Å². The van der Waals surface area contributed by atoms with Gasteiger partial charge in [-0.1, -0.05) is 25.3 Å². The number of carbonyl (C=O) groups is 1. The molecular weight excluding hydrogens is 276 g/mol. The summed E-state index contributed by atoms with van der Waals surface area (Å²) in [5.74, 6) is 0.964. The Morgan fingerprint density at radius 2 is 2.09 bits per heavy atom. The van der Waals surface area contributed by atoms with Gasteiger partial charge in [-0.15, -0.1) is 0 Å². The van der Waals surface area contributed by atoms with Crippen LogP contribution in [0.2, 0.25) is 0 Å². The van der Waals surface area contributed by atoms with E-state index < -0.39 is 0 Å². The quantitative estimate of drug-likeness (QED) is 0.660. The fourth-order valence-electron chi connectivity index (χ4n) is 3.05. The Morgan fingerprint density at radius 3 is 2.82 bits per heavy atom. The van der Waals surface area contributed by atoms with Crippen molar-refractivity contribution < 1.29 is 9.90 Å². The molecule has 4 nitrogen and oxygen atoms in total. The third-order valence-electron chi connectivity index (χ3n) is 4.27. The average molecular weight is 296 g/mol. The number of nitrogens with zero attached hydrogens (tertiary/aromatic N) is 1. The van der Waals surface area contributed by atoms with E-state index in [2.05, 4.69) is 9.97 Å². The number of aromatic nitrogens is 2. The Bertz CT molecular complexity index is 668. The monoisotopic (exact) mass is 296 g/mol. The Hall–Kier alpha value is -2.36. The molecule has 1 fully saturated rings. The van der Waals surface area contributed by atoms with Crippen molar-refractivity contribution in [2.24, 2.45) is 0 Å². The molecule has 4 heteroatoms. The molecule has 0 saturated heterocycles. The Balaban J connectivity index is 1.81. The summed E-state index contributed by atoms with van der Waals surface area (Å²) in [6.07, 6.45) is 12.5. The number of imidazole rings is 1. The molecule has 3 rings (SSSR count). The second-order valence-electron chi connectivity index (χ2n) is 5.78. The number of allylic oxidation sites excluding steroid dienone is 1. The molecule has 22 heavy (non-hydrogen) atoms. The highest BCUT2D eigenvalue weighted by molar-refractivity contribution is 6.08. The lowest BCUT2D eigenvalue weighted by molar-refractivity contribution is 0.104. The molecular formula is C18H20N2O2. The highest BCUT2D eigenvalue weighted by atomic mass is 16.3. The highest BCUT2D eigenvalue weighted by Gasteiger charge is 2.18. The van der Waals surface area contributed by atoms with Gasteiger partial charge in [0.25, 0.3) is 0 Å². The molecule has 0 amide bonds. The number of aromatic amines is 1. The number of hydrogen-bond acceptors (Lipinski definition) is 3. The van der Waals surface area contributed by atoms with Gasteiger partial charge in [0.1, 0.15) is 11.6 Å². The van der Waals surface area contributed by atoms with Crippen LogP contribution in [0.3, 0.4) is 0 Å². The van der Waals surface area contributed by atoms with E-state index in [1.54, 1.807) is 24.5 Å². The van der Waals surface area contributed by atoms with Gasteiger partial charge in [-0.25, -0.2) is 4.98 Å². The van der Waals surface area contributed by atoms with Gasteiger partial charge in [0, 0.05) is 12.4 Å². The zero-order chi connectivity index (χ0) is 15.4. The van der Waals surface area contributed by atoms with E-state index in [4.69, 9.17) is 0 Å². The summed E-state index contributed by atoms with van der Waals surface area (Å²) < 4.78 is 0. The van der Waals surface area contributed by atoms with Gasteiger partial charge in [-0.05, 0) is 48.6 Å². The van der Waals surface area contributed by atoms with Crippen molar-refractivity contribution in [2.45, 2.75) is 38.0 Å². The molecule has 0 radical (unpaired) electrons. The van der Waals surface area contributed by atoms with Gasteiger partial charge in [-0.3, -0.25) is 4.79 Å². The minimum Gasteiger partial charge on any atom is -0.507 e. The van der Waals surface area contributed by atoms with Gasteiger partial charge in [-0.2, -0.15) is 0 Å². The first kappa shape index (κ1) is 14.6. The minimum absolute atomic E-state index is 0.0358. The van der Waals surface area contributed by atoms with Crippen LogP contribution in [0.25, 0.3) is 6.08 Å². The summed E-state index contributed by atoms with van der Waals surface area (Å²) in [6, 6.07) is 5.43. The van der Waals surface area contributed by atoms with E-state index in [1.165, 1.54) is 38.2 Å². The predicted molar refractivity (Wildman–Crippen MR) is 85.9 cm³/mol. The zero-order valence-corrected chi connectivity index (χ0v) is 12.5. The van der Waals surface area contributed by atoms with Crippen molar-refractivity contribution in [3.8, 4) is 5.75 Å². The van der Waals surface area contributed by atoms with Crippen molar-refractivity contribution in [1.82, 2.24) is 9.97 Å². The van der Waals surface area contributed by atoms with Gasteiger partial charge >= 0.3 is 0 Å². The number of rotatable bonds is 4. The molecule has 0 atom stereocenters. The molecule has 0 unspecified atom stereocenters. The number of carbonyl (C=O) groups excluding carboxylic acids is 1. The van der Waals surface area contributed by atoms with Gasteiger partial charge in [0.15, 0.2) is 5.78 Å². The number of phenols is 1. The minimum atomic E-state index is -0.202. The SMILES string of the molecule is O=C(/C=C/c1ncc[nH]1)c1cc(C2CCCCC2)ccc1O. The Labute approximate surface area is 129 Å². The third kappa shape index (κ3) is 3.27. The average Bonchev–Trinajstić information content (AvgIpc) is 3.07. The lowest BCUT2D eigenvalue weighted by Gasteiger charge is -2.22. The molecule has 1 aliphatic rings. The number of phenolic OH excluding ortho intramolecular Hbond substituents is 1. The van der Waals surface area contributed by atoms with E-state index >= 15 is 0 Å². The molecule has 114 valence electrons. The lowest BCUT2D eigenvalue weighted by Crippen LogP contribution is -2.06. The summed E-state index contributed by atoms with van der Waals surface area (Å²) in [5, 5.41) is 9.98. The van der Waals surface area contributed by atoms with Crippen molar-refractivity contribution in [1.29, 1.82) is 0 Å². The van der Waals surface area contributed by atoms with Crippen molar-refractivity contribution in [3.63, 3.8) is 0 Å². The molecule has 0 bridgehead atoms. The number of ketones is 1. The molecule has 2 aromatic rings. The molecule has 0 spiro atoms. The summed E-state index contributed by atoms with van der Waals surface area (Å²) in [7, 11) is 0. The number of hydrogen-bond donors (Lipinski definition) is 2. The first-order chi connectivity index (χ1) is 10.7. The fraction of sp³-hybridized carbons (Fsp3) is 0.333. The first-order valence-electron chi connectivity index (χ1n) is 7.79. The highest BCUT2D eigenvalue weighted by Crippen LogP contribution is 2.34. The molecule has 1 aromatic heterocycles. The van der Waals surface area contributed by atoms with Crippen LogP contribution in [0.5, 0.6) is 5.75 Å².